The first-order valence-electron chi connectivity index (χ1n) is 23.0. The van der Waals surface area contributed by atoms with Gasteiger partial charge in [0.2, 0.25) is 0 Å². The molecule has 0 aliphatic rings. The highest BCUT2D eigenvalue weighted by atomic mass is 16.6. The Hall–Kier alpha value is -2.37. The number of hydrogen-bond acceptors (Lipinski definition) is 6. The lowest BCUT2D eigenvalue weighted by Crippen LogP contribution is -2.30. The quantitative estimate of drug-likeness (QED) is 0.0267. The molecule has 0 rings (SSSR count). The number of carbonyl (C=O) groups is 3. The van der Waals surface area contributed by atoms with Crippen molar-refractivity contribution in [2.75, 3.05) is 13.2 Å². The Labute approximate surface area is 334 Å². The monoisotopic (exact) mass is 759 g/mol. The lowest BCUT2D eigenvalue weighted by Gasteiger charge is -2.18. The predicted molar refractivity (Wildman–Crippen MR) is 229 cm³/mol. The molecule has 0 aliphatic heterocycles. The molecule has 0 fully saturated rings. The Morgan fingerprint density at radius 2 is 0.685 bits per heavy atom. The van der Waals surface area contributed by atoms with Gasteiger partial charge in [-0.05, 0) is 70.6 Å². The minimum atomic E-state index is -0.773. The van der Waals surface area contributed by atoms with Gasteiger partial charge in [0.05, 0.1) is 0 Å². The number of rotatable bonds is 41. The summed E-state index contributed by atoms with van der Waals surface area (Å²) >= 11 is 0. The van der Waals surface area contributed by atoms with Crippen LogP contribution in [0.5, 0.6) is 0 Å². The van der Waals surface area contributed by atoms with Crippen molar-refractivity contribution in [3.8, 4) is 0 Å². The van der Waals surface area contributed by atoms with Crippen molar-refractivity contribution < 1.29 is 28.6 Å². The number of ether oxygens (including phenoxy) is 3. The van der Waals surface area contributed by atoms with E-state index < -0.39 is 6.10 Å². The van der Waals surface area contributed by atoms with Gasteiger partial charge in [-0.15, -0.1) is 0 Å². The SMILES string of the molecule is CCCC/C=C\CCCCCCCC(=O)OC(COC(=O)CCCCCCCCC)COC(=O)CCCCCCCCC/C=C\C/C=C\CCCCCC. The van der Waals surface area contributed by atoms with Crippen molar-refractivity contribution in [3.63, 3.8) is 0 Å². The molecule has 0 aliphatic carbocycles. The number of allylic oxidation sites excluding steroid dienone is 6. The first-order valence-corrected chi connectivity index (χ1v) is 23.0. The molecule has 0 radical (unpaired) electrons. The summed E-state index contributed by atoms with van der Waals surface area (Å²) in [4.78, 5) is 37.6. The van der Waals surface area contributed by atoms with Crippen LogP contribution in [0.15, 0.2) is 36.5 Å². The van der Waals surface area contributed by atoms with E-state index in [0.29, 0.717) is 19.3 Å². The van der Waals surface area contributed by atoms with E-state index in [1.165, 1.54) is 109 Å². The molecule has 0 saturated carbocycles. The summed E-state index contributed by atoms with van der Waals surface area (Å²) < 4.78 is 16.6. The first kappa shape index (κ1) is 51.6. The molecular formula is C48H86O6. The fourth-order valence-corrected chi connectivity index (χ4v) is 6.33. The molecule has 0 aromatic heterocycles. The summed E-state index contributed by atoms with van der Waals surface area (Å²) in [6.45, 7) is 6.52. The summed E-state index contributed by atoms with van der Waals surface area (Å²) in [5.74, 6) is -0.901. The van der Waals surface area contributed by atoms with E-state index in [2.05, 4.69) is 57.2 Å². The van der Waals surface area contributed by atoms with E-state index in [9.17, 15) is 14.4 Å². The lowest BCUT2D eigenvalue weighted by atomic mass is 10.1. The predicted octanol–water partition coefficient (Wildman–Crippen LogP) is 14.6. The summed E-state index contributed by atoms with van der Waals surface area (Å²) in [5, 5.41) is 0. The maximum absolute atomic E-state index is 12.7. The topological polar surface area (TPSA) is 78.9 Å². The third kappa shape index (κ3) is 40.8. The molecule has 0 aromatic carbocycles. The molecule has 1 atom stereocenters. The first-order chi connectivity index (χ1) is 26.5. The van der Waals surface area contributed by atoms with Crippen molar-refractivity contribution >= 4 is 17.9 Å². The highest BCUT2D eigenvalue weighted by Gasteiger charge is 2.19. The molecule has 0 spiro atoms. The molecule has 0 amide bonds. The van der Waals surface area contributed by atoms with Crippen molar-refractivity contribution in [3.05, 3.63) is 36.5 Å². The number of unbranched alkanes of at least 4 members (excludes halogenated alkanes) is 24. The summed E-state index contributed by atoms with van der Waals surface area (Å²) in [6, 6.07) is 0. The van der Waals surface area contributed by atoms with Crippen LogP contribution in [0.25, 0.3) is 0 Å². The van der Waals surface area contributed by atoms with E-state index in [0.717, 1.165) is 83.5 Å². The molecule has 6 heteroatoms. The van der Waals surface area contributed by atoms with Crippen molar-refractivity contribution in [1.29, 1.82) is 0 Å². The second kappa shape index (κ2) is 43.4. The minimum Gasteiger partial charge on any atom is -0.462 e. The van der Waals surface area contributed by atoms with Gasteiger partial charge in [0.25, 0.3) is 0 Å². The Bertz CT molecular complexity index is 922. The molecule has 0 bridgehead atoms. The fraction of sp³-hybridized carbons (Fsp3) is 0.812. The third-order valence-corrected chi connectivity index (χ3v) is 9.87. The Morgan fingerprint density at radius 1 is 0.370 bits per heavy atom. The molecule has 314 valence electrons. The molecule has 0 saturated heterocycles. The summed E-state index contributed by atoms with van der Waals surface area (Å²) in [5.41, 5.74) is 0. The van der Waals surface area contributed by atoms with Crippen LogP contribution < -0.4 is 0 Å². The minimum absolute atomic E-state index is 0.0772. The van der Waals surface area contributed by atoms with Crippen molar-refractivity contribution in [2.45, 2.75) is 239 Å². The molecule has 0 heterocycles. The van der Waals surface area contributed by atoms with Crippen LogP contribution in [-0.4, -0.2) is 37.2 Å². The van der Waals surface area contributed by atoms with Gasteiger partial charge in [0.15, 0.2) is 6.10 Å². The van der Waals surface area contributed by atoms with E-state index in [4.69, 9.17) is 14.2 Å². The summed E-state index contributed by atoms with van der Waals surface area (Å²) in [6.07, 6.45) is 48.5. The maximum atomic E-state index is 12.7. The van der Waals surface area contributed by atoms with Crippen molar-refractivity contribution in [2.24, 2.45) is 0 Å². The maximum Gasteiger partial charge on any atom is 0.306 e. The van der Waals surface area contributed by atoms with Gasteiger partial charge in [-0.3, -0.25) is 14.4 Å². The van der Waals surface area contributed by atoms with Gasteiger partial charge in [-0.2, -0.15) is 0 Å². The Kier molecular flexibility index (Phi) is 41.5. The molecular weight excluding hydrogens is 673 g/mol. The standard InChI is InChI=1S/C48H86O6/c1-4-7-10-13-16-18-20-21-22-23-24-25-26-28-29-32-35-38-41-47(50)53-44-45(43-52-46(49)40-37-34-31-15-12-9-6-3)54-48(51)42-39-36-33-30-27-19-17-14-11-8-5-2/h14,17-18,20,22-23,45H,4-13,15-16,19,21,24-44H2,1-3H3/b17-14-,20-18-,23-22-. The molecule has 54 heavy (non-hydrogen) atoms. The van der Waals surface area contributed by atoms with Gasteiger partial charge in [-0.25, -0.2) is 0 Å². The smallest absolute Gasteiger partial charge is 0.306 e. The van der Waals surface area contributed by atoms with Crippen LogP contribution in [-0.2, 0) is 28.6 Å². The highest BCUT2D eigenvalue weighted by molar-refractivity contribution is 5.71. The second-order valence-corrected chi connectivity index (χ2v) is 15.3. The van der Waals surface area contributed by atoms with Crippen LogP contribution >= 0.6 is 0 Å². The Morgan fingerprint density at radius 3 is 1.11 bits per heavy atom. The number of esters is 3. The van der Waals surface area contributed by atoms with E-state index in [1.54, 1.807) is 0 Å². The van der Waals surface area contributed by atoms with Crippen LogP contribution in [0.4, 0.5) is 0 Å². The van der Waals surface area contributed by atoms with Gasteiger partial charge < -0.3 is 14.2 Å². The summed E-state index contributed by atoms with van der Waals surface area (Å²) in [7, 11) is 0. The average Bonchev–Trinajstić information content (AvgIpc) is 3.17. The number of carbonyl (C=O) groups excluding carboxylic acids is 3. The van der Waals surface area contributed by atoms with E-state index in [-0.39, 0.29) is 31.1 Å². The molecule has 0 N–H and O–H groups in total. The normalized spacial score (nSPS) is 12.3. The zero-order valence-corrected chi connectivity index (χ0v) is 35.7. The largest absolute Gasteiger partial charge is 0.462 e. The van der Waals surface area contributed by atoms with Gasteiger partial charge in [-0.1, -0.05) is 179 Å². The number of hydrogen-bond donors (Lipinski definition) is 0. The van der Waals surface area contributed by atoms with Crippen LogP contribution in [0.3, 0.4) is 0 Å². The van der Waals surface area contributed by atoms with Crippen LogP contribution in [0.2, 0.25) is 0 Å². The van der Waals surface area contributed by atoms with Crippen LogP contribution in [0, 0.1) is 0 Å². The van der Waals surface area contributed by atoms with Crippen molar-refractivity contribution in [1.82, 2.24) is 0 Å². The third-order valence-electron chi connectivity index (χ3n) is 9.87. The van der Waals surface area contributed by atoms with Gasteiger partial charge >= 0.3 is 17.9 Å². The molecule has 1 unspecified atom stereocenters. The van der Waals surface area contributed by atoms with Gasteiger partial charge in [0, 0.05) is 19.3 Å². The lowest BCUT2D eigenvalue weighted by molar-refractivity contribution is -0.167. The molecule has 0 aromatic rings. The highest BCUT2D eigenvalue weighted by Crippen LogP contribution is 2.14. The Balaban J connectivity index is 4.27. The van der Waals surface area contributed by atoms with E-state index >= 15 is 0 Å². The fourth-order valence-electron chi connectivity index (χ4n) is 6.33. The molecule has 6 nitrogen and oxygen atoms in total. The van der Waals surface area contributed by atoms with Crippen LogP contribution in [0.1, 0.15) is 233 Å². The second-order valence-electron chi connectivity index (χ2n) is 15.3. The zero-order chi connectivity index (χ0) is 39.4. The zero-order valence-electron chi connectivity index (χ0n) is 35.7. The van der Waals surface area contributed by atoms with E-state index in [1.807, 2.05) is 0 Å². The van der Waals surface area contributed by atoms with Gasteiger partial charge in [0.1, 0.15) is 13.2 Å². The average molecular weight is 759 g/mol.